The molecule has 5 N–H and O–H groups in total. The minimum atomic E-state index is -1.73. The topological polar surface area (TPSA) is 230 Å². The Morgan fingerprint density at radius 2 is 1.71 bits per heavy atom. The van der Waals surface area contributed by atoms with Gasteiger partial charge in [-0.15, -0.1) is 0 Å². The van der Waals surface area contributed by atoms with Crippen molar-refractivity contribution in [3.8, 4) is 5.75 Å². The lowest BCUT2D eigenvalue weighted by atomic mass is 9.80. The minimum absolute atomic E-state index is 0.00440. The molecule has 15 heteroatoms. The number of hydrogen-bond donors (Lipinski definition) is 5. The second-order valence-electron chi connectivity index (χ2n) is 10.0. The van der Waals surface area contributed by atoms with E-state index in [-0.39, 0.29) is 31.2 Å². The van der Waals surface area contributed by atoms with Crippen LogP contribution >= 0.6 is 0 Å². The third kappa shape index (κ3) is 7.88. The van der Waals surface area contributed by atoms with Gasteiger partial charge in [0.25, 0.3) is 5.91 Å². The first-order chi connectivity index (χ1) is 22.0. The van der Waals surface area contributed by atoms with Crippen molar-refractivity contribution in [3.05, 3.63) is 116 Å². The molecule has 0 aliphatic carbocycles. The molecule has 0 saturated heterocycles. The molecule has 0 spiro atoms. The van der Waals surface area contributed by atoms with Crippen LogP contribution in [0.2, 0.25) is 0 Å². The first kappa shape index (κ1) is 32.8. The Morgan fingerprint density at radius 1 is 1.00 bits per heavy atom. The monoisotopic (exact) mass is 615 g/mol. The van der Waals surface area contributed by atoms with Gasteiger partial charge in [0.05, 0.1) is 32.4 Å². The zero-order chi connectivity index (χ0) is 32.1. The van der Waals surface area contributed by atoms with Crippen molar-refractivity contribution in [3.63, 3.8) is 0 Å². The molecular weight excluding hydrogens is 582 g/mol. The fourth-order valence-corrected chi connectivity index (χ4v) is 4.82. The number of azide groups is 2. The number of nitrogens with zero attached hydrogens (tertiary/aromatic N) is 7. The third-order valence-electron chi connectivity index (χ3n) is 7.11. The van der Waals surface area contributed by atoms with Gasteiger partial charge in [-0.05, 0) is 52.0 Å². The number of aliphatic imine (C=N–C) groups is 1. The number of hydrogen-bond acceptors (Lipinski definition) is 10. The highest BCUT2D eigenvalue weighted by Crippen LogP contribution is 2.44. The zero-order valence-corrected chi connectivity index (χ0v) is 24.2. The summed E-state index contributed by atoms with van der Waals surface area (Å²) < 4.78 is 12.2. The average molecular weight is 616 g/mol. The van der Waals surface area contributed by atoms with Crippen LogP contribution < -0.4 is 15.6 Å². The second kappa shape index (κ2) is 16.1. The number of amides is 1. The Kier molecular flexibility index (Phi) is 11.7. The molecule has 0 unspecified atom stereocenters. The number of ether oxygens (including phenoxy) is 2. The maximum atomic E-state index is 14.3. The van der Waals surface area contributed by atoms with Crippen LogP contribution in [-0.2, 0) is 22.5 Å². The maximum absolute atomic E-state index is 14.3. The van der Waals surface area contributed by atoms with Gasteiger partial charge in [0, 0.05) is 40.5 Å². The quantitative estimate of drug-likeness (QED) is 0.0527. The van der Waals surface area contributed by atoms with E-state index in [1.54, 1.807) is 72.8 Å². The van der Waals surface area contributed by atoms with Crippen LogP contribution in [0.4, 0.5) is 5.69 Å². The predicted octanol–water partition coefficient (Wildman–Crippen LogP) is 3.67. The number of aliphatic hydroxyl groups excluding tert-OH is 3. The van der Waals surface area contributed by atoms with Gasteiger partial charge >= 0.3 is 0 Å². The van der Waals surface area contributed by atoms with E-state index in [1.807, 2.05) is 0 Å². The second-order valence-corrected chi connectivity index (χ2v) is 10.0. The van der Waals surface area contributed by atoms with Gasteiger partial charge in [0.1, 0.15) is 5.75 Å². The molecule has 1 amide bonds. The fraction of sp³-hybridized carbons (Fsp3) is 0.333. The van der Waals surface area contributed by atoms with Gasteiger partial charge in [-0.2, -0.15) is 0 Å². The third-order valence-corrected chi connectivity index (χ3v) is 7.11. The molecule has 3 aromatic rings. The van der Waals surface area contributed by atoms with Crippen LogP contribution in [0.3, 0.4) is 0 Å². The van der Waals surface area contributed by atoms with E-state index in [4.69, 9.17) is 25.1 Å². The Hall–Kier alpha value is -5.14. The largest absolute Gasteiger partial charge is 0.494 e. The molecule has 1 aliphatic heterocycles. The highest BCUT2D eigenvalue weighted by atomic mass is 16.5. The van der Waals surface area contributed by atoms with Crippen molar-refractivity contribution >= 4 is 17.5 Å². The summed E-state index contributed by atoms with van der Waals surface area (Å²) in [5.74, 6) is 0.0445. The van der Waals surface area contributed by atoms with Crippen LogP contribution in [0.25, 0.3) is 20.9 Å². The van der Waals surface area contributed by atoms with Crippen molar-refractivity contribution in [1.29, 1.82) is 0 Å². The summed E-state index contributed by atoms with van der Waals surface area (Å²) in [6.07, 6.45) is -0.684. The Bertz CT molecular complexity index is 1580. The van der Waals surface area contributed by atoms with Gasteiger partial charge in [0.15, 0.2) is 11.6 Å². The van der Waals surface area contributed by atoms with Gasteiger partial charge in [-0.25, -0.2) is 10.4 Å². The number of hydrazine groups is 1. The standard InChI is InChI=1S/C30H33N9O6/c31-38-33-17-22-7-1-3-8-25(22)27-30(29(43)37-35-23(18-41)19-42,16-21-6-2-4-9-26(21)36-39-32)34-28(45-27)20-10-12-24(13-11-20)44-15-5-14-40/h1-4,6-13,23,27,35,40-42H,5,14-19H2,(H,37,43)/t27-,30-/m0/s1. The SMILES string of the molecule is [N-]=[N+]=NCc1ccccc1[C@@H]1OC(c2ccc(OCCCO)cc2)=N[C@]1(Cc1ccccc1N=[N+]=[N-])C(=O)NNC(CO)CO. The Labute approximate surface area is 258 Å². The minimum Gasteiger partial charge on any atom is -0.494 e. The van der Waals surface area contributed by atoms with E-state index in [0.29, 0.717) is 41.0 Å². The molecule has 0 bridgehead atoms. The van der Waals surface area contributed by atoms with Crippen molar-refractivity contribution < 1.29 is 29.6 Å². The van der Waals surface area contributed by atoms with E-state index >= 15 is 0 Å². The fourth-order valence-electron chi connectivity index (χ4n) is 4.82. The maximum Gasteiger partial charge on any atom is 0.266 e. The molecule has 2 atom stereocenters. The van der Waals surface area contributed by atoms with E-state index < -0.39 is 36.8 Å². The highest BCUT2D eigenvalue weighted by Gasteiger charge is 2.54. The van der Waals surface area contributed by atoms with Crippen LogP contribution in [0, 0.1) is 0 Å². The molecule has 1 heterocycles. The van der Waals surface area contributed by atoms with Gasteiger partial charge in [-0.3, -0.25) is 10.2 Å². The number of carbonyl (C=O) groups excluding carboxylic acids is 1. The molecule has 0 fully saturated rings. The van der Waals surface area contributed by atoms with Crippen molar-refractivity contribution in [2.24, 2.45) is 15.2 Å². The van der Waals surface area contributed by atoms with E-state index in [9.17, 15) is 20.5 Å². The molecule has 1 aliphatic rings. The van der Waals surface area contributed by atoms with E-state index in [2.05, 4.69) is 30.9 Å². The summed E-state index contributed by atoms with van der Waals surface area (Å²) in [6, 6.07) is 19.8. The molecule has 0 saturated carbocycles. The molecule has 15 nitrogen and oxygen atoms in total. The number of carbonyl (C=O) groups is 1. The first-order valence-electron chi connectivity index (χ1n) is 14.1. The summed E-state index contributed by atoms with van der Waals surface area (Å²) in [7, 11) is 0. The number of nitrogens with one attached hydrogen (secondary N) is 2. The molecule has 0 radical (unpaired) electrons. The molecule has 3 aromatic carbocycles. The van der Waals surface area contributed by atoms with E-state index in [0.717, 1.165) is 0 Å². The summed E-state index contributed by atoms with van der Waals surface area (Å²) in [4.78, 5) is 25.0. The smallest absolute Gasteiger partial charge is 0.266 e. The van der Waals surface area contributed by atoms with Crippen LogP contribution in [-0.4, -0.2) is 65.1 Å². The van der Waals surface area contributed by atoms with Gasteiger partial charge < -0.3 is 24.8 Å². The van der Waals surface area contributed by atoms with Gasteiger partial charge in [-0.1, -0.05) is 58.8 Å². The normalized spacial score (nSPS) is 17.1. The number of benzene rings is 3. The van der Waals surface area contributed by atoms with Crippen molar-refractivity contribution in [2.75, 3.05) is 26.4 Å². The van der Waals surface area contributed by atoms with Crippen molar-refractivity contribution in [2.45, 2.75) is 37.1 Å². The Morgan fingerprint density at radius 3 is 2.40 bits per heavy atom. The first-order valence-corrected chi connectivity index (χ1v) is 14.1. The lowest BCUT2D eigenvalue weighted by molar-refractivity contribution is -0.130. The molecule has 0 aromatic heterocycles. The zero-order valence-electron chi connectivity index (χ0n) is 24.2. The lowest BCUT2D eigenvalue weighted by Crippen LogP contribution is -2.57. The molecule has 4 rings (SSSR count). The van der Waals surface area contributed by atoms with Gasteiger partial charge in [0.2, 0.25) is 5.90 Å². The summed E-state index contributed by atoms with van der Waals surface area (Å²) in [5, 5.41) is 35.8. The van der Waals surface area contributed by atoms with Crippen molar-refractivity contribution in [1.82, 2.24) is 10.9 Å². The van der Waals surface area contributed by atoms with Crippen LogP contribution in [0.15, 0.2) is 88.0 Å². The van der Waals surface area contributed by atoms with Crippen LogP contribution in [0.5, 0.6) is 5.75 Å². The number of aliphatic hydroxyl groups is 3. The lowest BCUT2D eigenvalue weighted by Gasteiger charge is -2.32. The average Bonchev–Trinajstić information content (AvgIpc) is 3.46. The highest BCUT2D eigenvalue weighted by molar-refractivity contribution is 6.01. The van der Waals surface area contributed by atoms with Crippen LogP contribution in [0.1, 0.15) is 34.8 Å². The predicted molar refractivity (Wildman–Crippen MR) is 164 cm³/mol. The Balaban J connectivity index is 1.88. The summed E-state index contributed by atoms with van der Waals surface area (Å²) in [5.41, 5.74) is 24.2. The van der Waals surface area contributed by atoms with E-state index in [1.165, 1.54) is 0 Å². The molecule has 45 heavy (non-hydrogen) atoms. The summed E-state index contributed by atoms with van der Waals surface area (Å²) in [6.45, 7) is -0.602. The number of rotatable bonds is 16. The summed E-state index contributed by atoms with van der Waals surface area (Å²) >= 11 is 0. The molecular formula is C30H33N9O6. The molecule has 234 valence electrons.